The molecule has 0 spiro atoms. The van der Waals surface area contributed by atoms with Crippen molar-refractivity contribution in [1.82, 2.24) is 9.21 Å². The van der Waals surface area contributed by atoms with E-state index in [2.05, 4.69) is 5.32 Å². The molecule has 9 heteroatoms. The third-order valence-electron chi connectivity index (χ3n) is 6.61. The molecule has 0 unspecified atom stereocenters. The first-order valence-corrected chi connectivity index (χ1v) is 12.3. The number of carbonyl (C=O) groups is 2. The summed E-state index contributed by atoms with van der Waals surface area (Å²) in [5, 5.41) is 2.61. The number of piperazine rings is 1. The van der Waals surface area contributed by atoms with Crippen LogP contribution in [0.15, 0.2) is 41.3 Å². The van der Waals surface area contributed by atoms with E-state index in [9.17, 15) is 22.4 Å². The second-order valence-corrected chi connectivity index (χ2v) is 10.5. The number of benzene rings is 2. The molecule has 5 rings (SSSR count). The van der Waals surface area contributed by atoms with Crippen LogP contribution in [0.25, 0.3) is 0 Å². The van der Waals surface area contributed by atoms with Crippen LogP contribution in [-0.4, -0.2) is 55.6 Å². The highest BCUT2D eigenvalue weighted by Crippen LogP contribution is 2.34. The van der Waals surface area contributed by atoms with Crippen LogP contribution in [0.4, 0.5) is 10.1 Å². The average molecular weight is 458 g/mol. The maximum Gasteiger partial charge on any atom is 0.243 e. The van der Waals surface area contributed by atoms with Gasteiger partial charge in [0.2, 0.25) is 21.8 Å². The molecule has 2 aromatic carbocycles. The molecule has 7 nitrogen and oxygen atoms in total. The van der Waals surface area contributed by atoms with Crippen molar-refractivity contribution in [1.29, 1.82) is 0 Å². The first-order valence-electron chi connectivity index (χ1n) is 10.8. The number of hydrogen-bond acceptors (Lipinski definition) is 4. The van der Waals surface area contributed by atoms with Crippen LogP contribution >= 0.6 is 0 Å². The molecule has 0 saturated carbocycles. The largest absolute Gasteiger partial charge is 0.340 e. The summed E-state index contributed by atoms with van der Waals surface area (Å²) in [5.74, 6) is -1.75. The van der Waals surface area contributed by atoms with E-state index in [1.165, 1.54) is 28.1 Å². The van der Waals surface area contributed by atoms with Crippen LogP contribution in [0.3, 0.4) is 0 Å². The van der Waals surface area contributed by atoms with Crippen molar-refractivity contribution in [2.24, 2.45) is 0 Å². The van der Waals surface area contributed by atoms with Crippen molar-refractivity contribution in [3.8, 4) is 0 Å². The minimum Gasteiger partial charge on any atom is -0.340 e. The monoisotopic (exact) mass is 457 g/mol. The Morgan fingerprint density at radius 2 is 1.75 bits per heavy atom. The van der Waals surface area contributed by atoms with Crippen molar-refractivity contribution < 1.29 is 22.4 Å². The topological polar surface area (TPSA) is 86.8 Å². The van der Waals surface area contributed by atoms with E-state index in [0.717, 1.165) is 24.8 Å². The Kier molecular flexibility index (Phi) is 5.25. The second kappa shape index (κ2) is 7.97. The number of aryl methyl sites for hydroxylation is 2. The van der Waals surface area contributed by atoms with Gasteiger partial charge >= 0.3 is 0 Å². The van der Waals surface area contributed by atoms with Gasteiger partial charge < -0.3 is 10.2 Å². The molecule has 0 bridgehead atoms. The summed E-state index contributed by atoms with van der Waals surface area (Å²) in [6, 6.07) is 9.38. The fourth-order valence-electron chi connectivity index (χ4n) is 4.88. The summed E-state index contributed by atoms with van der Waals surface area (Å²) in [4.78, 5) is 27.2. The van der Waals surface area contributed by atoms with Gasteiger partial charge in [-0.15, -0.1) is 0 Å². The molecule has 0 aromatic heterocycles. The normalized spacial score (nSPS) is 21.1. The fraction of sp³-hybridized carbons (Fsp3) is 0.391. The minimum absolute atomic E-state index is 0.00883. The Bertz CT molecular complexity index is 1210. The number of nitrogens with zero attached hydrogens (tertiary/aromatic N) is 2. The molecule has 1 saturated heterocycles. The Morgan fingerprint density at radius 1 is 1.00 bits per heavy atom. The van der Waals surface area contributed by atoms with E-state index in [-0.39, 0.29) is 44.4 Å². The Labute approximate surface area is 186 Å². The third-order valence-corrected chi connectivity index (χ3v) is 8.51. The Balaban J connectivity index is 1.30. The predicted molar refractivity (Wildman–Crippen MR) is 116 cm³/mol. The molecular formula is C23H24FN3O4S. The lowest BCUT2D eigenvalue weighted by molar-refractivity contribution is -0.136. The van der Waals surface area contributed by atoms with Crippen LogP contribution in [0.1, 0.15) is 35.4 Å². The number of halogens is 1. The quantitative estimate of drug-likeness (QED) is 0.766. The first kappa shape index (κ1) is 21.1. The maximum absolute atomic E-state index is 13.6. The van der Waals surface area contributed by atoms with Crippen LogP contribution < -0.4 is 5.32 Å². The molecule has 1 aliphatic carbocycles. The van der Waals surface area contributed by atoms with Crippen molar-refractivity contribution in [2.45, 2.75) is 36.5 Å². The Morgan fingerprint density at radius 3 is 2.53 bits per heavy atom. The number of hydrogen-bond donors (Lipinski definition) is 1. The number of anilines is 1. The highest BCUT2D eigenvalue weighted by Gasteiger charge is 2.37. The average Bonchev–Trinajstić information content (AvgIpc) is 3.26. The van der Waals surface area contributed by atoms with E-state index in [4.69, 9.17) is 0 Å². The van der Waals surface area contributed by atoms with Gasteiger partial charge in [0.15, 0.2) is 0 Å². The lowest BCUT2D eigenvalue weighted by Crippen LogP contribution is -2.52. The molecule has 2 amide bonds. The van der Waals surface area contributed by atoms with Gasteiger partial charge in [-0.25, -0.2) is 12.8 Å². The van der Waals surface area contributed by atoms with Crippen molar-refractivity contribution in [3.05, 3.63) is 58.9 Å². The number of sulfonamides is 1. The molecule has 1 fully saturated rings. The van der Waals surface area contributed by atoms with Crippen molar-refractivity contribution >= 4 is 27.5 Å². The smallest absolute Gasteiger partial charge is 0.243 e. The maximum atomic E-state index is 13.6. The van der Waals surface area contributed by atoms with E-state index in [1.807, 2.05) is 6.07 Å². The van der Waals surface area contributed by atoms with Gasteiger partial charge in [-0.3, -0.25) is 9.59 Å². The van der Waals surface area contributed by atoms with E-state index < -0.39 is 21.8 Å². The standard InChI is InChI=1S/C23H24FN3O4S/c24-17-5-7-19-20(14-22(28)25-21(19)13-17)23(29)26-8-10-27(11-9-26)32(30,31)18-6-4-15-2-1-3-16(15)12-18/h4-7,12-13,20H,1-3,8-11,14H2,(H,25,28)/t20-/m1/s1. The molecular weight excluding hydrogens is 433 g/mol. The number of carbonyl (C=O) groups excluding carboxylic acids is 2. The van der Waals surface area contributed by atoms with Crippen molar-refractivity contribution in [2.75, 3.05) is 31.5 Å². The van der Waals surface area contributed by atoms with Gasteiger partial charge in [0, 0.05) is 38.3 Å². The number of nitrogens with one attached hydrogen (secondary N) is 1. The molecule has 3 aliphatic rings. The van der Waals surface area contributed by atoms with Gasteiger partial charge in [0.05, 0.1) is 10.8 Å². The summed E-state index contributed by atoms with van der Waals surface area (Å²) in [5.41, 5.74) is 3.23. The van der Waals surface area contributed by atoms with Gasteiger partial charge in [0.25, 0.3) is 0 Å². The van der Waals surface area contributed by atoms with Gasteiger partial charge in [-0.05, 0) is 60.2 Å². The van der Waals surface area contributed by atoms with E-state index in [1.54, 1.807) is 17.0 Å². The lowest BCUT2D eigenvalue weighted by Gasteiger charge is -2.37. The Hall–Kier alpha value is -2.78. The zero-order valence-electron chi connectivity index (χ0n) is 17.5. The SMILES string of the molecule is O=C1C[C@@H](C(=O)N2CCN(S(=O)(=O)c3ccc4c(c3)CCC4)CC2)c2ccc(F)cc2N1. The molecule has 1 atom stereocenters. The summed E-state index contributed by atoms with van der Waals surface area (Å²) in [7, 11) is -3.63. The summed E-state index contributed by atoms with van der Waals surface area (Å²) >= 11 is 0. The highest BCUT2D eigenvalue weighted by molar-refractivity contribution is 7.89. The van der Waals surface area contributed by atoms with Gasteiger partial charge in [-0.2, -0.15) is 4.31 Å². The third kappa shape index (κ3) is 3.69. The zero-order valence-corrected chi connectivity index (χ0v) is 18.3. The second-order valence-electron chi connectivity index (χ2n) is 8.55. The van der Waals surface area contributed by atoms with Gasteiger partial charge in [-0.1, -0.05) is 12.1 Å². The predicted octanol–water partition coefficient (Wildman–Crippen LogP) is 2.27. The molecule has 1 N–H and O–H groups in total. The van der Waals surface area contributed by atoms with Crippen LogP contribution in [0, 0.1) is 5.82 Å². The number of amides is 2. The first-order chi connectivity index (χ1) is 15.3. The molecule has 0 radical (unpaired) electrons. The molecule has 168 valence electrons. The van der Waals surface area contributed by atoms with Crippen LogP contribution in [-0.2, 0) is 32.5 Å². The highest BCUT2D eigenvalue weighted by atomic mass is 32.2. The summed E-state index contributed by atoms with van der Waals surface area (Å²) in [6.07, 6.45) is 2.94. The fourth-order valence-corrected chi connectivity index (χ4v) is 6.36. The van der Waals surface area contributed by atoms with Crippen LogP contribution in [0.2, 0.25) is 0 Å². The molecule has 2 heterocycles. The summed E-state index contributed by atoms with van der Waals surface area (Å²) in [6.45, 7) is 0.885. The lowest BCUT2D eigenvalue weighted by atomic mass is 9.89. The molecule has 2 aromatic rings. The molecule has 2 aliphatic heterocycles. The van der Waals surface area contributed by atoms with Crippen LogP contribution in [0.5, 0.6) is 0 Å². The van der Waals surface area contributed by atoms with Gasteiger partial charge in [0.1, 0.15) is 5.82 Å². The number of rotatable bonds is 3. The van der Waals surface area contributed by atoms with Crippen molar-refractivity contribution in [3.63, 3.8) is 0 Å². The minimum atomic E-state index is -3.63. The number of fused-ring (bicyclic) bond motifs is 2. The molecule has 32 heavy (non-hydrogen) atoms. The summed E-state index contributed by atoms with van der Waals surface area (Å²) < 4.78 is 41.3. The van der Waals surface area contributed by atoms with E-state index in [0.29, 0.717) is 16.1 Å². The zero-order chi connectivity index (χ0) is 22.5. The van der Waals surface area contributed by atoms with E-state index >= 15 is 0 Å².